The lowest BCUT2D eigenvalue weighted by molar-refractivity contribution is -0.145. The number of halogens is 1. The van der Waals surface area contributed by atoms with Gasteiger partial charge >= 0.3 is 5.97 Å². The van der Waals surface area contributed by atoms with Crippen molar-refractivity contribution in [1.29, 1.82) is 0 Å². The number of benzene rings is 1. The number of carbonyl (C=O) groups is 3. The molecule has 10 heteroatoms. The Morgan fingerprint density at radius 3 is 2.56 bits per heavy atom. The summed E-state index contributed by atoms with van der Waals surface area (Å²) in [5.74, 6) is -1.81. The number of hydrogen-bond donors (Lipinski definition) is 4. The second-order valence-corrected chi connectivity index (χ2v) is 8.80. The number of likely N-dealkylation sites (N-methyl/N-ethyl adjacent to an activating group) is 1. The number of aliphatic hydroxyl groups excluding tert-OH is 1. The molecule has 4 N–H and O–H groups in total. The summed E-state index contributed by atoms with van der Waals surface area (Å²) in [7, 11) is 0. The third-order valence-electron chi connectivity index (χ3n) is 6.49. The van der Waals surface area contributed by atoms with E-state index in [4.69, 9.17) is 10.2 Å². The van der Waals surface area contributed by atoms with E-state index < -0.39 is 17.9 Å². The largest absolute Gasteiger partial charge is 0.479 e. The third kappa shape index (κ3) is 5.83. The highest BCUT2D eigenvalue weighted by Crippen LogP contribution is 2.35. The van der Waals surface area contributed by atoms with E-state index in [9.17, 15) is 18.8 Å². The van der Waals surface area contributed by atoms with Crippen LogP contribution in [-0.4, -0.2) is 81.6 Å². The Balaban J connectivity index is 0.000000538. The van der Waals surface area contributed by atoms with Crippen LogP contribution in [0.2, 0.25) is 0 Å². The number of aliphatic hydroxyl groups is 1. The number of carboxylic acids is 1. The van der Waals surface area contributed by atoms with E-state index in [0.717, 1.165) is 43.0 Å². The van der Waals surface area contributed by atoms with Crippen LogP contribution in [0.15, 0.2) is 18.2 Å². The normalized spacial score (nSPS) is 16.4. The lowest BCUT2D eigenvalue weighted by Gasteiger charge is -2.29. The van der Waals surface area contributed by atoms with Crippen LogP contribution >= 0.6 is 0 Å². The van der Waals surface area contributed by atoms with Crippen molar-refractivity contribution in [1.82, 2.24) is 14.8 Å². The summed E-state index contributed by atoms with van der Waals surface area (Å²) in [5, 5.41) is 18.5. The van der Waals surface area contributed by atoms with E-state index in [0.29, 0.717) is 35.5 Å². The number of rotatable bonds is 7. The first-order valence-electron chi connectivity index (χ1n) is 12.0. The molecule has 1 unspecified atom stereocenters. The average Bonchev–Trinajstić information content (AvgIpc) is 3.32. The molecule has 1 atom stereocenters. The Kier molecular flexibility index (Phi) is 8.65. The Labute approximate surface area is 209 Å². The van der Waals surface area contributed by atoms with Crippen LogP contribution < -0.4 is 5.32 Å². The van der Waals surface area contributed by atoms with E-state index in [1.807, 2.05) is 11.8 Å². The van der Waals surface area contributed by atoms with Crippen LogP contribution in [0.4, 0.5) is 10.1 Å². The number of fused-ring (bicyclic) bond motifs is 2. The van der Waals surface area contributed by atoms with Crippen molar-refractivity contribution >= 4 is 35.1 Å². The Morgan fingerprint density at radius 2 is 1.94 bits per heavy atom. The number of anilines is 1. The SMILES string of the molecule is CC(O)C(=O)O.CCN(CC)CCN1CCc2[nH]c(C=C3C(=O)Nc4ccc(F)cc43)c(C)c2C1=O. The van der Waals surface area contributed by atoms with Gasteiger partial charge in [0, 0.05) is 48.7 Å². The lowest BCUT2D eigenvalue weighted by Crippen LogP contribution is -2.42. The number of nitrogens with zero attached hydrogens (tertiary/aromatic N) is 2. The molecule has 0 bridgehead atoms. The molecule has 2 aromatic rings. The molecule has 0 fully saturated rings. The number of aromatic nitrogens is 1. The molecule has 0 spiro atoms. The van der Waals surface area contributed by atoms with E-state index in [-0.39, 0.29) is 11.8 Å². The van der Waals surface area contributed by atoms with Crippen LogP contribution in [-0.2, 0) is 16.0 Å². The first kappa shape index (κ1) is 27.1. The molecule has 4 rings (SSSR count). The predicted octanol–water partition coefficient (Wildman–Crippen LogP) is 2.75. The molecule has 0 radical (unpaired) electrons. The van der Waals surface area contributed by atoms with Gasteiger partial charge in [-0.2, -0.15) is 0 Å². The molecule has 1 aromatic carbocycles. The fourth-order valence-corrected chi connectivity index (χ4v) is 4.27. The smallest absolute Gasteiger partial charge is 0.332 e. The van der Waals surface area contributed by atoms with Crippen molar-refractivity contribution < 1.29 is 29.0 Å². The molecule has 3 heterocycles. The summed E-state index contributed by atoms with van der Waals surface area (Å²) in [6.45, 7) is 11.5. The average molecular weight is 501 g/mol. The highest BCUT2D eigenvalue weighted by Gasteiger charge is 2.30. The zero-order valence-corrected chi connectivity index (χ0v) is 21.0. The van der Waals surface area contributed by atoms with Gasteiger partial charge in [0.05, 0.1) is 11.1 Å². The van der Waals surface area contributed by atoms with Gasteiger partial charge in [0.15, 0.2) is 0 Å². The number of carboxylic acid groups (broad SMARTS) is 1. The summed E-state index contributed by atoms with van der Waals surface area (Å²) in [6, 6.07) is 4.25. The van der Waals surface area contributed by atoms with Gasteiger partial charge in [0.2, 0.25) is 0 Å². The van der Waals surface area contributed by atoms with E-state index in [1.165, 1.54) is 19.1 Å². The van der Waals surface area contributed by atoms with Gasteiger partial charge in [-0.3, -0.25) is 9.59 Å². The van der Waals surface area contributed by atoms with Crippen molar-refractivity contribution in [3.8, 4) is 0 Å². The van der Waals surface area contributed by atoms with Crippen LogP contribution in [0, 0.1) is 12.7 Å². The summed E-state index contributed by atoms with van der Waals surface area (Å²) in [6.07, 6.45) is 1.24. The van der Waals surface area contributed by atoms with Crippen molar-refractivity contribution in [2.75, 3.05) is 38.0 Å². The summed E-state index contributed by atoms with van der Waals surface area (Å²) in [4.78, 5) is 42.5. The number of nitrogens with one attached hydrogen (secondary N) is 2. The second kappa shape index (κ2) is 11.5. The molecule has 2 amide bonds. The van der Waals surface area contributed by atoms with Gasteiger partial charge in [-0.05, 0) is 56.8 Å². The Hall–Kier alpha value is -3.50. The molecular formula is C26H33FN4O5. The fraction of sp³-hybridized carbons (Fsp3) is 0.423. The van der Waals surface area contributed by atoms with Gasteiger partial charge < -0.3 is 30.3 Å². The van der Waals surface area contributed by atoms with Gasteiger partial charge in [0.25, 0.3) is 11.8 Å². The highest BCUT2D eigenvalue weighted by molar-refractivity contribution is 6.34. The number of hydrogen-bond acceptors (Lipinski definition) is 5. The summed E-state index contributed by atoms with van der Waals surface area (Å²) < 4.78 is 13.7. The van der Waals surface area contributed by atoms with E-state index in [1.54, 1.807) is 12.1 Å². The topological polar surface area (TPSA) is 126 Å². The number of aromatic amines is 1. The molecule has 2 aliphatic rings. The van der Waals surface area contributed by atoms with Crippen LogP contribution in [0.25, 0.3) is 11.6 Å². The van der Waals surface area contributed by atoms with Crippen molar-refractivity contribution in [3.63, 3.8) is 0 Å². The summed E-state index contributed by atoms with van der Waals surface area (Å²) >= 11 is 0. The molecule has 0 saturated heterocycles. The van der Waals surface area contributed by atoms with Crippen molar-refractivity contribution in [3.05, 3.63) is 52.1 Å². The molecular weight excluding hydrogens is 467 g/mol. The maximum Gasteiger partial charge on any atom is 0.332 e. The van der Waals surface area contributed by atoms with E-state index in [2.05, 4.69) is 29.0 Å². The minimum absolute atomic E-state index is 0.0316. The first-order valence-corrected chi connectivity index (χ1v) is 12.0. The quantitative estimate of drug-likeness (QED) is 0.433. The minimum atomic E-state index is -1.23. The monoisotopic (exact) mass is 500 g/mol. The Bertz CT molecular complexity index is 1180. The standard InChI is InChI=1S/C23H27FN4O2.C3H6O3/c1-4-27(5-2)10-11-28-9-8-19-21(23(28)30)14(3)20(25-19)13-17-16-12-15(24)6-7-18(16)26-22(17)29;1-2(4)3(5)6/h6-7,12-13,25H,4-5,8-11H2,1-3H3,(H,26,29);2,4H,1H3,(H,5,6). The molecule has 36 heavy (non-hydrogen) atoms. The zero-order valence-electron chi connectivity index (χ0n) is 21.0. The first-order chi connectivity index (χ1) is 17.1. The number of H-pyrrole nitrogens is 1. The molecule has 1 aromatic heterocycles. The van der Waals surface area contributed by atoms with Crippen molar-refractivity contribution in [2.24, 2.45) is 0 Å². The maximum absolute atomic E-state index is 13.7. The van der Waals surface area contributed by atoms with Crippen molar-refractivity contribution in [2.45, 2.75) is 40.2 Å². The predicted molar refractivity (Wildman–Crippen MR) is 135 cm³/mol. The van der Waals surface area contributed by atoms with E-state index >= 15 is 0 Å². The highest BCUT2D eigenvalue weighted by atomic mass is 19.1. The molecule has 0 saturated carbocycles. The number of amides is 2. The van der Waals surface area contributed by atoms with Gasteiger partial charge in [-0.25, -0.2) is 9.18 Å². The minimum Gasteiger partial charge on any atom is -0.479 e. The maximum atomic E-state index is 13.7. The molecule has 194 valence electrons. The lowest BCUT2D eigenvalue weighted by atomic mass is 10.0. The van der Waals surface area contributed by atoms with Crippen LogP contribution in [0.5, 0.6) is 0 Å². The third-order valence-corrected chi connectivity index (χ3v) is 6.49. The van der Waals surface area contributed by atoms with Crippen LogP contribution in [0.1, 0.15) is 53.6 Å². The number of aliphatic carboxylic acids is 1. The Morgan fingerprint density at radius 1 is 1.28 bits per heavy atom. The number of carbonyl (C=O) groups excluding carboxylic acids is 2. The zero-order chi connectivity index (χ0) is 26.6. The van der Waals surface area contributed by atoms with Crippen LogP contribution in [0.3, 0.4) is 0 Å². The van der Waals surface area contributed by atoms with Gasteiger partial charge in [0.1, 0.15) is 11.9 Å². The second-order valence-electron chi connectivity index (χ2n) is 8.80. The van der Waals surface area contributed by atoms with Gasteiger partial charge in [-0.1, -0.05) is 13.8 Å². The summed E-state index contributed by atoms with van der Waals surface area (Å²) in [5.41, 5.74) is 4.69. The molecule has 2 aliphatic heterocycles. The molecule has 9 nitrogen and oxygen atoms in total. The fourth-order valence-electron chi connectivity index (χ4n) is 4.27. The van der Waals surface area contributed by atoms with Gasteiger partial charge in [-0.15, -0.1) is 0 Å². The molecule has 0 aliphatic carbocycles.